The average Bonchev–Trinajstić information content (AvgIpc) is 2.56. The Kier molecular flexibility index (Phi) is 5.35. The summed E-state index contributed by atoms with van der Waals surface area (Å²) in [6.45, 7) is 12.2. The second-order valence-corrected chi connectivity index (χ2v) is 3.30. The maximum atomic E-state index is 5.03. The Labute approximate surface area is 80.5 Å². The molecule has 0 unspecified atom stereocenters. The fraction of sp³-hybridized carbons (Fsp3) is 0.800. The van der Waals surface area contributed by atoms with Gasteiger partial charge in [0, 0.05) is 11.8 Å². The van der Waals surface area contributed by atoms with E-state index >= 15 is 0 Å². The van der Waals surface area contributed by atoms with E-state index in [1.807, 2.05) is 27.7 Å². The Bertz CT molecular complexity index is 206. The Morgan fingerprint density at radius 1 is 1.00 bits per heavy atom. The maximum Gasteiger partial charge on any atom is 0.229 e. The van der Waals surface area contributed by atoms with E-state index in [9.17, 15) is 0 Å². The molecular weight excluding hydrogens is 164 g/mol. The van der Waals surface area contributed by atoms with Crippen molar-refractivity contribution in [2.75, 3.05) is 0 Å². The molecule has 0 bridgehead atoms. The highest BCUT2D eigenvalue weighted by Crippen LogP contribution is 2.15. The van der Waals surface area contributed by atoms with Crippen molar-refractivity contribution in [1.82, 2.24) is 10.1 Å². The van der Waals surface area contributed by atoms with Gasteiger partial charge in [-0.25, -0.2) is 0 Å². The summed E-state index contributed by atoms with van der Waals surface area (Å²) in [6, 6.07) is 0. The molecule has 0 atom stereocenters. The summed E-state index contributed by atoms with van der Waals surface area (Å²) in [5.41, 5.74) is 0. The van der Waals surface area contributed by atoms with Gasteiger partial charge in [0.05, 0.1) is 0 Å². The van der Waals surface area contributed by atoms with Crippen LogP contribution in [0.15, 0.2) is 4.52 Å². The van der Waals surface area contributed by atoms with E-state index in [2.05, 4.69) is 24.0 Å². The van der Waals surface area contributed by atoms with Gasteiger partial charge in [0.1, 0.15) is 0 Å². The van der Waals surface area contributed by atoms with Gasteiger partial charge in [-0.15, -0.1) is 0 Å². The molecule has 3 nitrogen and oxygen atoms in total. The molecule has 0 spiro atoms. The largest absolute Gasteiger partial charge is 0.339 e. The third-order valence-electron chi connectivity index (χ3n) is 1.47. The van der Waals surface area contributed by atoms with Gasteiger partial charge >= 0.3 is 0 Å². The molecule has 0 aliphatic carbocycles. The van der Waals surface area contributed by atoms with E-state index in [4.69, 9.17) is 4.52 Å². The average molecular weight is 184 g/mol. The Morgan fingerprint density at radius 2 is 1.54 bits per heavy atom. The van der Waals surface area contributed by atoms with Crippen LogP contribution in [0.5, 0.6) is 0 Å². The molecule has 1 aromatic rings. The molecule has 0 fully saturated rings. The zero-order valence-electron chi connectivity index (χ0n) is 9.46. The van der Waals surface area contributed by atoms with Crippen molar-refractivity contribution in [1.29, 1.82) is 0 Å². The summed E-state index contributed by atoms with van der Waals surface area (Å²) in [7, 11) is 0. The van der Waals surface area contributed by atoms with E-state index in [1.165, 1.54) is 0 Å². The molecule has 0 radical (unpaired) electrons. The van der Waals surface area contributed by atoms with E-state index in [0.29, 0.717) is 11.8 Å². The van der Waals surface area contributed by atoms with Crippen molar-refractivity contribution in [3.8, 4) is 0 Å². The van der Waals surface area contributed by atoms with Crippen molar-refractivity contribution in [3.05, 3.63) is 11.7 Å². The third kappa shape index (κ3) is 3.57. The summed E-state index contributed by atoms with van der Waals surface area (Å²) < 4.78 is 5.03. The molecule has 0 N–H and O–H groups in total. The molecule has 13 heavy (non-hydrogen) atoms. The second-order valence-electron chi connectivity index (χ2n) is 3.30. The molecule has 0 aliphatic rings. The van der Waals surface area contributed by atoms with Gasteiger partial charge in [0.2, 0.25) is 5.89 Å². The number of nitrogens with zero attached hydrogens (tertiary/aromatic N) is 2. The Morgan fingerprint density at radius 3 is 1.77 bits per heavy atom. The first kappa shape index (κ1) is 12.1. The fourth-order valence-electron chi connectivity index (χ4n) is 0.716. The highest BCUT2D eigenvalue weighted by molar-refractivity contribution is 4.94. The van der Waals surface area contributed by atoms with E-state index in [0.717, 1.165) is 11.7 Å². The van der Waals surface area contributed by atoms with E-state index in [-0.39, 0.29) is 0 Å². The van der Waals surface area contributed by atoms with Crippen LogP contribution in [0.3, 0.4) is 0 Å². The highest BCUT2D eigenvalue weighted by atomic mass is 16.5. The molecule has 1 rings (SSSR count). The van der Waals surface area contributed by atoms with Crippen LogP contribution in [0.1, 0.15) is 65.1 Å². The molecule has 0 saturated carbocycles. The van der Waals surface area contributed by atoms with Gasteiger partial charge in [-0.05, 0) is 0 Å². The zero-order chi connectivity index (χ0) is 10.4. The molecule has 76 valence electrons. The standard InChI is InChI=1S/C8H14N2O.C2H6/c1-5(2)7-9-8(6(3)4)11-10-7;1-2/h5-6H,1-4H3;1-2H3. The second kappa shape index (κ2) is 5.73. The number of hydrogen-bond donors (Lipinski definition) is 0. The monoisotopic (exact) mass is 184 g/mol. The minimum absolute atomic E-state index is 0.329. The van der Waals surface area contributed by atoms with E-state index in [1.54, 1.807) is 0 Å². The summed E-state index contributed by atoms with van der Waals surface area (Å²) in [5.74, 6) is 2.21. The lowest BCUT2D eigenvalue weighted by Crippen LogP contribution is -1.91. The van der Waals surface area contributed by atoms with Crippen LogP contribution in [-0.4, -0.2) is 10.1 Å². The maximum absolute atomic E-state index is 5.03. The van der Waals surface area contributed by atoms with Gasteiger partial charge in [0.25, 0.3) is 0 Å². The Hall–Kier alpha value is -0.860. The normalized spacial score (nSPS) is 10.2. The number of rotatable bonds is 2. The minimum Gasteiger partial charge on any atom is -0.339 e. The van der Waals surface area contributed by atoms with Crippen molar-refractivity contribution >= 4 is 0 Å². The van der Waals surface area contributed by atoms with Gasteiger partial charge in [-0.3, -0.25) is 0 Å². The lowest BCUT2D eigenvalue weighted by atomic mass is 10.2. The van der Waals surface area contributed by atoms with Gasteiger partial charge in [-0.2, -0.15) is 4.98 Å². The molecular formula is C10H20N2O. The van der Waals surface area contributed by atoms with Crippen LogP contribution in [0.2, 0.25) is 0 Å². The van der Waals surface area contributed by atoms with Crippen LogP contribution < -0.4 is 0 Å². The zero-order valence-corrected chi connectivity index (χ0v) is 9.46. The lowest BCUT2D eigenvalue weighted by molar-refractivity contribution is 0.359. The van der Waals surface area contributed by atoms with Crippen LogP contribution >= 0.6 is 0 Å². The van der Waals surface area contributed by atoms with Crippen LogP contribution in [-0.2, 0) is 0 Å². The summed E-state index contributed by atoms with van der Waals surface area (Å²) >= 11 is 0. The van der Waals surface area contributed by atoms with Crippen LogP contribution in [0.4, 0.5) is 0 Å². The van der Waals surface area contributed by atoms with Crippen molar-refractivity contribution in [2.45, 2.75) is 53.4 Å². The SMILES string of the molecule is CC.CC(C)c1noc(C(C)C)n1. The third-order valence-corrected chi connectivity index (χ3v) is 1.47. The summed E-state index contributed by atoms with van der Waals surface area (Å²) in [4.78, 5) is 4.23. The molecule has 0 aromatic carbocycles. The summed E-state index contributed by atoms with van der Waals surface area (Å²) in [5, 5.41) is 3.85. The van der Waals surface area contributed by atoms with Crippen molar-refractivity contribution in [3.63, 3.8) is 0 Å². The first-order valence-corrected chi connectivity index (χ1v) is 4.94. The van der Waals surface area contributed by atoms with Crippen molar-refractivity contribution in [2.24, 2.45) is 0 Å². The molecule has 1 aromatic heterocycles. The Balaban J connectivity index is 0.000000671. The number of aromatic nitrogens is 2. The topological polar surface area (TPSA) is 38.9 Å². The van der Waals surface area contributed by atoms with Crippen LogP contribution in [0.25, 0.3) is 0 Å². The lowest BCUT2D eigenvalue weighted by Gasteiger charge is -1.94. The minimum atomic E-state index is 0.329. The predicted octanol–water partition coefficient (Wildman–Crippen LogP) is 3.34. The predicted molar refractivity (Wildman–Crippen MR) is 53.8 cm³/mol. The fourth-order valence-corrected chi connectivity index (χ4v) is 0.716. The highest BCUT2D eigenvalue weighted by Gasteiger charge is 2.11. The first-order chi connectivity index (χ1) is 6.11. The quantitative estimate of drug-likeness (QED) is 0.707. The van der Waals surface area contributed by atoms with Crippen LogP contribution in [0, 0.1) is 0 Å². The molecule has 1 heterocycles. The molecule has 3 heteroatoms. The van der Waals surface area contributed by atoms with E-state index < -0.39 is 0 Å². The smallest absolute Gasteiger partial charge is 0.229 e. The molecule has 0 amide bonds. The molecule has 0 saturated heterocycles. The van der Waals surface area contributed by atoms with Gasteiger partial charge in [-0.1, -0.05) is 46.7 Å². The van der Waals surface area contributed by atoms with Gasteiger partial charge in [0.15, 0.2) is 5.82 Å². The summed E-state index contributed by atoms with van der Waals surface area (Å²) in [6.07, 6.45) is 0. The molecule has 0 aliphatic heterocycles. The van der Waals surface area contributed by atoms with Crippen molar-refractivity contribution < 1.29 is 4.52 Å². The van der Waals surface area contributed by atoms with Gasteiger partial charge < -0.3 is 4.52 Å². The first-order valence-electron chi connectivity index (χ1n) is 4.94. The number of hydrogen-bond acceptors (Lipinski definition) is 3.